The van der Waals surface area contributed by atoms with Gasteiger partial charge in [-0.05, 0) is 67.0 Å². The Morgan fingerprint density at radius 1 is 1.12 bits per heavy atom. The van der Waals surface area contributed by atoms with Crippen LogP contribution in [0.3, 0.4) is 0 Å². The van der Waals surface area contributed by atoms with E-state index in [0.29, 0.717) is 10.8 Å². The van der Waals surface area contributed by atoms with Gasteiger partial charge < -0.3 is 4.74 Å². The lowest BCUT2D eigenvalue weighted by Gasteiger charge is -2.40. The number of nitrogens with zero attached hydrogens (tertiary/aromatic N) is 8. The number of aromatic nitrogens is 7. The molecule has 1 fully saturated rings. The van der Waals surface area contributed by atoms with E-state index in [4.69, 9.17) is 16.3 Å². The van der Waals surface area contributed by atoms with Gasteiger partial charge in [0.2, 0.25) is 6.23 Å². The molecule has 10 heteroatoms. The zero-order valence-corrected chi connectivity index (χ0v) is 20.1. The zero-order valence-electron chi connectivity index (χ0n) is 19.3. The van der Waals surface area contributed by atoms with Gasteiger partial charge >= 0.3 is 0 Å². The predicted molar refractivity (Wildman–Crippen MR) is 121 cm³/mol. The van der Waals surface area contributed by atoms with Gasteiger partial charge in [-0.2, -0.15) is 5.10 Å². The number of tetrazole rings is 1. The van der Waals surface area contributed by atoms with Crippen molar-refractivity contribution in [2.75, 3.05) is 14.1 Å². The smallest absolute Gasteiger partial charge is 0.215 e. The van der Waals surface area contributed by atoms with Crippen LogP contribution in [0.25, 0.3) is 0 Å². The summed E-state index contributed by atoms with van der Waals surface area (Å²) in [5, 5.41) is 18.3. The fourth-order valence-electron chi connectivity index (χ4n) is 4.70. The Balaban J connectivity index is 1.83. The standard InChI is InChI=1S/C22H31ClN8O/c1-21(2,3)18(31-20(26-27-28-31)22(29(4)5)12-6-7-13-22)19(30-15-24-14-25-30)32-17-10-8-16(23)9-11-17/h8-11,14-15,18-19H,6-7,12-13H2,1-5H3/t18-,19+/m0/s1. The third kappa shape index (κ3) is 4.23. The molecule has 32 heavy (non-hydrogen) atoms. The number of hydrogen-bond donors (Lipinski definition) is 0. The van der Waals surface area contributed by atoms with Crippen molar-refractivity contribution in [3.63, 3.8) is 0 Å². The van der Waals surface area contributed by atoms with Crippen molar-refractivity contribution in [1.29, 1.82) is 0 Å². The van der Waals surface area contributed by atoms with Crippen LogP contribution >= 0.6 is 11.6 Å². The van der Waals surface area contributed by atoms with Gasteiger partial charge in [0.15, 0.2) is 5.82 Å². The number of hydrogen-bond acceptors (Lipinski definition) is 7. The van der Waals surface area contributed by atoms with Crippen molar-refractivity contribution in [3.8, 4) is 5.75 Å². The molecular weight excluding hydrogens is 428 g/mol. The maximum Gasteiger partial charge on any atom is 0.215 e. The molecule has 1 aliphatic carbocycles. The molecule has 0 unspecified atom stereocenters. The minimum Gasteiger partial charge on any atom is -0.466 e. The summed E-state index contributed by atoms with van der Waals surface area (Å²) in [4.78, 5) is 6.42. The van der Waals surface area contributed by atoms with Gasteiger partial charge in [-0.1, -0.05) is 45.2 Å². The average Bonchev–Trinajstić information content (AvgIpc) is 3.49. The number of rotatable bonds is 7. The van der Waals surface area contributed by atoms with Crippen molar-refractivity contribution >= 4 is 11.6 Å². The highest BCUT2D eigenvalue weighted by molar-refractivity contribution is 6.30. The molecule has 1 aliphatic rings. The van der Waals surface area contributed by atoms with E-state index in [-0.39, 0.29) is 17.0 Å². The van der Waals surface area contributed by atoms with Gasteiger partial charge in [0.25, 0.3) is 0 Å². The molecule has 1 aromatic carbocycles. The van der Waals surface area contributed by atoms with Crippen LogP contribution < -0.4 is 4.74 Å². The summed E-state index contributed by atoms with van der Waals surface area (Å²) in [6.45, 7) is 6.49. The monoisotopic (exact) mass is 458 g/mol. The SMILES string of the molecule is CN(C)C1(c2nnnn2[C@@H]([C@@H](Oc2ccc(Cl)cc2)n2cncn2)C(C)(C)C)CCCC1. The Morgan fingerprint density at radius 2 is 1.81 bits per heavy atom. The van der Waals surface area contributed by atoms with Gasteiger partial charge in [-0.3, -0.25) is 4.90 Å². The first-order chi connectivity index (χ1) is 15.2. The van der Waals surface area contributed by atoms with Crippen molar-refractivity contribution < 1.29 is 4.74 Å². The summed E-state index contributed by atoms with van der Waals surface area (Å²) in [6.07, 6.45) is 6.99. The quantitative estimate of drug-likeness (QED) is 0.526. The van der Waals surface area contributed by atoms with E-state index in [2.05, 4.69) is 65.4 Å². The fraction of sp³-hybridized carbons (Fsp3) is 0.591. The summed E-state index contributed by atoms with van der Waals surface area (Å²) in [7, 11) is 4.21. The highest BCUT2D eigenvalue weighted by Crippen LogP contribution is 2.46. The summed E-state index contributed by atoms with van der Waals surface area (Å²) >= 11 is 6.08. The van der Waals surface area contributed by atoms with Gasteiger partial charge in [0, 0.05) is 5.02 Å². The lowest BCUT2D eigenvalue weighted by molar-refractivity contribution is -0.00585. The Labute approximate surface area is 193 Å². The lowest BCUT2D eigenvalue weighted by Crippen LogP contribution is -2.45. The van der Waals surface area contributed by atoms with Gasteiger partial charge in [0.05, 0.1) is 5.54 Å². The van der Waals surface area contributed by atoms with Crippen LogP contribution in [0.5, 0.6) is 5.75 Å². The van der Waals surface area contributed by atoms with E-state index in [1.165, 1.54) is 6.33 Å². The molecule has 9 nitrogen and oxygen atoms in total. The molecule has 0 radical (unpaired) electrons. The maximum atomic E-state index is 6.51. The summed E-state index contributed by atoms with van der Waals surface area (Å²) in [5.74, 6) is 1.55. The number of ether oxygens (including phenoxy) is 1. The number of halogens is 1. The highest BCUT2D eigenvalue weighted by Gasteiger charge is 2.47. The minimum absolute atomic E-state index is 0.208. The second-order valence-electron chi connectivity index (χ2n) is 9.73. The fourth-order valence-corrected chi connectivity index (χ4v) is 4.82. The van der Waals surface area contributed by atoms with Gasteiger partial charge in [-0.25, -0.2) is 14.3 Å². The Morgan fingerprint density at radius 3 is 2.38 bits per heavy atom. The molecule has 4 rings (SSSR count). The van der Waals surface area contributed by atoms with E-state index in [1.54, 1.807) is 11.0 Å². The van der Waals surface area contributed by atoms with Crippen molar-refractivity contribution in [2.45, 2.75) is 64.3 Å². The van der Waals surface area contributed by atoms with Crippen molar-refractivity contribution in [3.05, 3.63) is 47.8 Å². The van der Waals surface area contributed by atoms with E-state index < -0.39 is 6.23 Å². The van der Waals surface area contributed by atoms with Crippen LogP contribution in [-0.4, -0.2) is 54.0 Å². The molecule has 0 N–H and O–H groups in total. The Bertz CT molecular complexity index is 1000. The van der Waals surface area contributed by atoms with Crippen LogP contribution in [0.2, 0.25) is 5.02 Å². The third-order valence-corrected chi connectivity index (χ3v) is 6.64. The van der Waals surface area contributed by atoms with Gasteiger partial charge in [-0.15, -0.1) is 5.10 Å². The molecule has 3 aromatic rings. The van der Waals surface area contributed by atoms with Crippen LogP contribution in [-0.2, 0) is 5.54 Å². The Kier molecular flexibility index (Phi) is 6.22. The third-order valence-electron chi connectivity index (χ3n) is 6.38. The van der Waals surface area contributed by atoms with E-state index in [0.717, 1.165) is 31.5 Å². The summed E-state index contributed by atoms with van der Waals surface area (Å²) in [5.41, 5.74) is -0.473. The number of benzene rings is 1. The topological polar surface area (TPSA) is 86.8 Å². The molecule has 1 saturated carbocycles. The molecule has 0 spiro atoms. The largest absolute Gasteiger partial charge is 0.466 e. The molecule has 0 aliphatic heterocycles. The van der Waals surface area contributed by atoms with Crippen LogP contribution in [0.4, 0.5) is 0 Å². The van der Waals surface area contributed by atoms with Crippen molar-refractivity contribution in [2.24, 2.45) is 5.41 Å². The minimum atomic E-state index is -0.526. The van der Waals surface area contributed by atoms with E-state index in [9.17, 15) is 0 Å². The molecule has 172 valence electrons. The van der Waals surface area contributed by atoms with Crippen molar-refractivity contribution in [1.82, 2.24) is 39.9 Å². The maximum absolute atomic E-state index is 6.51. The molecule has 0 bridgehead atoms. The second-order valence-corrected chi connectivity index (χ2v) is 10.2. The lowest BCUT2D eigenvalue weighted by atomic mass is 9.84. The zero-order chi connectivity index (χ0) is 22.9. The van der Waals surface area contributed by atoms with Gasteiger partial charge in [0.1, 0.15) is 24.4 Å². The first-order valence-corrected chi connectivity index (χ1v) is 11.3. The predicted octanol–water partition coefficient (Wildman–Crippen LogP) is 4.11. The van der Waals surface area contributed by atoms with Crippen LogP contribution in [0.1, 0.15) is 64.5 Å². The van der Waals surface area contributed by atoms with Crippen LogP contribution in [0, 0.1) is 5.41 Å². The summed E-state index contributed by atoms with van der Waals surface area (Å²) in [6, 6.07) is 7.06. The molecular formula is C22H31ClN8O. The molecule has 2 atom stereocenters. The molecule has 2 aromatic heterocycles. The normalized spacial score (nSPS) is 18.1. The summed E-state index contributed by atoms with van der Waals surface area (Å²) < 4.78 is 10.2. The average molecular weight is 459 g/mol. The first-order valence-electron chi connectivity index (χ1n) is 10.9. The first kappa shape index (κ1) is 22.7. The molecule has 2 heterocycles. The molecule has 0 saturated heterocycles. The van der Waals surface area contributed by atoms with E-state index >= 15 is 0 Å². The second kappa shape index (κ2) is 8.78. The van der Waals surface area contributed by atoms with E-state index in [1.807, 2.05) is 28.9 Å². The highest BCUT2D eigenvalue weighted by atomic mass is 35.5. The molecule has 0 amide bonds. The van der Waals surface area contributed by atoms with Crippen LogP contribution in [0.15, 0.2) is 36.9 Å². The Hall–Kier alpha value is -2.52.